The standard InChI is InChI=1S/C36H40O5/c1-37-33-22-32(27-38-23-28-14-6-2-7-15-28)34(39-24-29-16-8-3-9-17-29)36(41-26-31-20-12-5-13-21-31)35(33)40-25-30-18-10-4-11-19-30/h2-21,32-36H,22-27H2,1H3/t32?,33-,34-,35?,36?/m0/s1. The molecular formula is C36H40O5. The van der Waals surface area contributed by atoms with Crippen LogP contribution in [0.15, 0.2) is 121 Å². The smallest absolute Gasteiger partial charge is 0.113 e. The predicted molar refractivity (Wildman–Crippen MR) is 160 cm³/mol. The molecule has 5 rings (SSSR count). The molecular weight excluding hydrogens is 512 g/mol. The lowest BCUT2D eigenvalue weighted by Gasteiger charge is -2.45. The van der Waals surface area contributed by atoms with Crippen LogP contribution in [-0.4, -0.2) is 38.1 Å². The van der Waals surface area contributed by atoms with Gasteiger partial charge in [-0.2, -0.15) is 0 Å². The third-order valence-corrected chi connectivity index (χ3v) is 7.62. The van der Waals surface area contributed by atoms with Gasteiger partial charge >= 0.3 is 0 Å². The largest absolute Gasteiger partial charge is 0.379 e. The fourth-order valence-corrected chi connectivity index (χ4v) is 5.45. The second-order valence-corrected chi connectivity index (χ2v) is 10.6. The van der Waals surface area contributed by atoms with Crippen molar-refractivity contribution in [3.05, 3.63) is 144 Å². The lowest BCUT2D eigenvalue weighted by molar-refractivity contribution is -0.229. The van der Waals surface area contributed by atoms with Crippen LogP contribution < -0.4 is 0 Å². The van der Waals surface area contributed by atoms with Gasteiger partial charge in [-0.1, -0.05) is 121 Å². The van der Waals surface area contributed by atoms with Crippen molar-refractivity contribution in [3.63, 3.8) is 0 Å². The molecule has 1 fully saturated rings. The molecule has 214 valence electrons. The minimum Gasteiger partial charge on any atom is -0.379 e. The van der Waals surface area contributed by atoms with Crippen molar-refractivity contribution in [1.82, 2.24) is 0 Å². The first kappa shape index (κ1) is 29.2. The summed E-state index contributed by atoms with van der Waals surface area (Å²) in [6, 6.07) is 41.0. The number of hydrogen-bond acceptors (Lipinski definition) is 5. The van der Waals surface area contributed by atoms with Crippen LogP contribution in [0.5, 0.6) is 0 Å². The van der Waals surface area contributed by atoms with E-state index in [1.165, 1.54) is 0 Å². The van der Waals surface area contributed by atoms with Crippen LogP contribution in [-0.2, 0) is 50.1 Å². The molecule has 0 amide bonds. The average Bonchev–Trinajstić information content (AvgIpc) is 3.04. The molecule has 1 aliphatic carbocycles. The maximum absolute atomic E-state index is 6.72. The van der Waals surface area contributed by atoms with Gasteiger partial charge < -0.3 is 23.7 Å². The molecule has 0 heterocycles. The van der Waals surface area contributed by atoms with E-state index in [-0.39, 0.29) is 30.3 Å². The summed E-state index contributed by atoms with van der Waals surface area (Å²) in [5, 5.41) is 0. The zero-order valence-electron chi connectivity index (χ0n) is 23.7. The molecule has 0 saturated heterocycles. The van der Waals surface area contributed by atoms with Gasteiger partial charge in [-0.05, 0) is 28.7 Å². The molecule has 0 aliphatic heterocycles. The van der Waals surface area contributed by atoms with Crippen molar-refractivity contribution in [3.8, 4) is 0 Å². The molecule has 1 aliphatic rings. The van der Waals surface area contributed by atoms with Gasteiger partial charge in [0.1, 0.15) is 12.2 Å². The highest BCUT2D eigenvalue weighted by molar-refractivity contribution is 5.16. The molecule has 0 aromatic heterocycles. The van der Waals surface area contributed by atoms with Crippen LogP contribution in [0.1, 0.15) is 28.7 Å². The van der Waals surface area contributed by atoms with E-state index in [1.54, 1.807) is 7.11 Å². The molecule has 5 atom stereocenters. The van der Waals surface area contributed by atoms with E-state index in [2.05, 4.69) is 48.5 Å². The van der Waals surface area contributed by atoms with Gasteiger partial charge in [-0.15, -0.1) is 0 Å². The third kappa shape index (κ3) is 8.59. The maximum Gasteiger partial charge on any atom is 0.113 e. The van der Waals surface area contributed by atoms with Crippen LogP contribution >= 0.6 is 0 Å². The molecule has 0 radical (unpaired) electrons. The molecule has 4 aromatic carbocycles. The summed E-state index contributed by atoms with van der Waals surface area (Å²) in [4.78, 5) is 0. The molecule has 41 heavy (non-hydrogen) atoms. The molecule has 1 saturated carbocycles. The third-order valence-electron chi connectivity index (χ3n) is 7.62. The summed E-state index contributed by atoms with van der Waals surface area (Å²) in [6.45, 7) is 2.48. The Morgan fingerprint density at radius 1 is 0.488 bits per heavy atom. The quantitative estimate of drug-likeness (QED) is 0.169. The van der Waals surface area contributed by atoms with Crippen molar-refractivity contribution < 1.29 is 23.7 Å². The summed E-state index contributed by atoms with van der Waals surface area (Å²) in [6.07, 6.45) is -0.333. The summed E-state index contributed by atoms with van der Waals surface area (Å²) in [7, 11) is 1.75. The fraction of sp³-hybridized carbons (Fsp3) is 0.333. The number of hydrogen-bond donors (Lipinski definition) is 0. The van der Waals surface area contributed by atoms with Gasteiger partial charge in [0.2, 0.25) is 0 Å². The van der Waals surface area contributed by atoms with Crippen molar-refractivity contribution in [2.75, 3.05) is 13.7 Å². The summed E-state index contributed by atoms with van der Waals surface area (Å²) in [5.41, 5.74) is 4.48. The number of rotatable bonds is 14. The summed E-state index contributed by atoms with van der Waals surface area (Å²) < 4.78 is 32.4. The Balaban J connectivity index is 1.38. The number of benzene rings is 4. The van der Waals surface area contributed by atoms with Crippen LogP contribution in [0.4, 0.5) is 0 Å². The van der Waals surface area contributed by atoms with E-state index in [0.29, 0.717) is 33.0 Å². The highest BCUT2D eigenvalue weighted by Crippen LogP contribution is 2.35. The van der Waals surface area contributed by atoms with Crippen molar-refractivity contribution in [2.24, 2.45) is 5.92 Å². The van der Waals surface area contributed by atoms with Crippen LogP contribution in [0, 0.1) is 5.92 Å². The minimum absolute atomic E-state index is 0.0599. The molecule has 0 N–H and O–H groups in total. The van der Waals surface area contributed by atoms with E-state index in [0.717, 1.165) is 28.7 Å². The maximum atomic E-state index is 6.72. The second kappa shape index (κ2) is 15.6. The number of methoxy groups -OCH3 is 1. The molecule has 0 bridgehead atoms. The van der Waals surface area contributed by atoms with Gasteiger partial charge in [-0.25, -0.2) is 0 Å². The van der Waals surface area contributed by atoms with Crippen molar-refractivity contribution in [2.45, 2.75) is 57.3 Å². The van der Waals surface area contributed by atoms with Gasteiger partial charge in [0.25, 0.3) is 0 Å². The summed E-state index contributed by atoms with van der Waals surface area (Å²) >= 11 is 0. The first-order chi connectivity index (χ1) is 20.3. The normalized spacial score (nSPS) is 22.4. The Labute approximate surface area is 244 Å². The summed E-state index contributed by atoms with van der Waals surface area (Å²) in [5.74, 6) is 0.0599. The van der Waals surface area contributed by atoms with E-state index in [9.17, 15) is 0 Å². The van der Waals surface area contributed by atoms with Gasteiger partial charge in [0, 0.05) is 13.0 Å². The zero-order chi connectivity index (χ0) is 28.1. The molecule has 3 unspecified atom stereocenters. The van der Waals surface area contributed by atoms with E-state index in [1.807, 2.05) is 72.8 Å². The topological polar surface area (TPSA) is 46.2 Å². The van der Waals surface area contributed by atoms with Crippen LogP contribution in [0.2, 0.25) is 0 Å². The van der Waals surface area contributed by atoms with E-state index < -0.39 is 0 Å². The first-order valence-corrected chi connectivity index (χ1v) is 14.4. The lowest BCUT2D eigenvalue weighted by Crippen LogP contribution is -2.58. The van der Waals surface area contributed by atoms with Crippen LogP contribution in [0.25, 0.3) is 0 Å². The second-order valence-electron chi connectivity index (χ2n) is 10.6. The highest BCUT2D eigenvalue weighted by atomic mass is 16.6. The monoisotopic (exact) mass is 552 g/mol. The van der Waals surface area contributed by atoms with Crippen molar-refractivity contribution in [1.29, 1.82) is 0 Å². The van der Waals surface area contributed by atoms with Gasteiger partial charge in [0.15, 0.2) is 0 Å². The minimum atomic E-state index is -0.355. The highest BCUT2D eigenvalue weighted by Gasteiger charge is 2.47. The Kier molecular flexibility index (Phi) is 11.1. The zero-order valence-corrected chi connectivity index (χ0v) is 23.7. The fourth-order valence-electron chi connectivity index (χ4n) is 5.45. The first-order valence-electron chi connectivity index (χ1n) is 14.4. The SMILES string of the molecule is CO[C@H]1CC(COCc2ccccc2)[C@H](OCc2ccccc2)C(OCc2ccccc2)C1OCc1ccccc1. The lowest BCUT2D eigenvalue weighted by atomic mass is 9.80. The predicted octanol–water partition coefficient (Wildman–Crippen LogP) is 6.99. The Morgan fingerprint density at radius 2 is 0.878 bits per heavy atom. The van der Waals surface area contributed by atoms with E-state index >= 15 is 0 Å². The molecule has 4 aromatic rings. The van der Waals surface area contributed by atoms with E-state index in [4.69, 9.17) is 23.7 Å². The number of ether oxygens (including phenoxy) is 5. The molecule has 5 heteroatoms. The van der Waals surface area contributed by atoms with Gasteiger partial charge in [-0.3, -0.25) is 0 Å². The molecule has 5 nitrogen and oxygen atoms in total. The molecule has 0 spiro atoms. The Hall–Kier alpha value is -3.32. The van der Waals surface area contributed by atoms with Crippen LogP contribution in [0.3, 0.4) is 0 Å². The van der Waals surface area contributed by atoms with Crippen molar-refractivity contribution >= 4 is 0 Å². The van der Waals surface area contributed by atoms with Gasteiger partial charge in [0.05, 0.1) is 45.2 Å². The Bertz CT molecular complexity index is 1250. The Morgan fingerprint density at radius 3 is 1.32 bits per heavy atom. The average molecular weight is 553 g/mol.